The highest BCUT2D eigenvalue weighted by molar-refractivity contribution is 9.11. The van der Waals surface area contributed by atoms with Crippen LogP contribution in [0.4, 0.5) is 0 Å². The van der Waals surface area contributed by atoms with Gasteiger partial charge in [-0.15, -0.1) is 11.3 Å². The highest BCUT2D eigenvalue weighted by atomic mass is 79.9. The lowest BCUT2D eigenvalue weighted by atomic mass is 10.2. The number of hydrogen-bond donors (Lipinski definition) is 0. The maximum absolute atomic E-state index is 6.08. The van der Waals surface area contributed by atoms with Gasteiger partial charge in [-0.2, -0.15) is 0 Å². The van der Waals surface area contributed by atoms with Crippen LogP contribution in [0, 0.1) is 6.92 Å². The first-order valence-corrected chi connectivity index (χ1v) is 5.51. The molecule has 1 aromatic carbocycles. The summed E-state index contributed by atoms with van der Waals surface area (Å²) in [7, 11) is 0. The molecule has 3 heteroatoms. The highest BCUT2D eigenvalue weighted by Gasteiger charge is 2.06. The van der Waals surface area contributed by atoms with Crippen molar-refractivity contribution in [3.8, 4) is 0 Å². The van der Waals surface area contributed by atoms with Gasteiger partial charge in [-0.1, -0.05) is 23.2 Å². The van der Waals surface area contributed by atoms with E-state index in [1.807, 2.05) is 0 Å². The molecule has 0 saturated carbocycles. The predicted octanol–water partition coefficient (Wildman–Crippen LogP) is 4.63. The van der Waals surface area contributed by atoms with Gasteiger partial charge in [0.05, 0.1) is 8.81 Å². The monoisotopic (exact) mass is 260 g/mol. The summed E-state index contributed by atoms with van der Waals surface area (Å²) in [5.74, 6) is 0. The molecule has 2 rings (SSSR count). The quantitative estimate of drug-likeness (QED) is 0.649. The van der Waals surface area contributed by atoms with E-state index in [-0.39, 0.29) is 0 Å². The number of halogens is 2. The van der Waals surface area contributed by atoms with E-state index in [4.69, 9.17) is 11.6 Å². The van der Waals surface area contributed by atoms with Gasteiger partial charge >= 0.3 is 0 Å². The molecule has 0 saturated heterocycles. The fourth-order valence-corrected chi connectivity index (χ4v) is 3.02. The van der Waals surface area contributed by atoms with Crippen LogP contribution in [-0.2, 0) is 0 Å². The van der Waals surface area contributed by atoms with E-state index in [2.05, 4.69) is 41.1 Å². The lowest BCUT2D eigenvalue weighted by Crippen LogP contribution is -1.68. The first-order chi connectivity index (χ1) is 5.68. The van der Waals surface area contributed by atoms with Crippen molar-refractivity contribution in [3.63, 3.8) is 0 Å². The Balaban J connectivity index is 2.88. The van der Waals surface area contributed by atoms with Crippen molar-refractivity contribution in [3.05, 3.63) is 32.6 Å². The van der Waals surface area contributed by atoms with Gasteiger partial charge in [0.25, 0.3) is 0 Å². The molecule has 0 aliphatic heterocycles. The van der Waals surface area contributed by atoms with Crippen molar-refractivity contribution in [2.24, 2.45) is 0 Å². The first-order valence-electron chi connectivity index (χ1n) is 3.52. The van der Waals surface area contributed by atoms with Gasteiger partial charge in [-0.25, -0.2) is 0 Å². The minimum Gasteiger partial charge on any atom is -0.127 e. The van der Waals surface area contributed by atoms with E-state index in [1.165, 1.54) is 10.3 Å². The van der Waals surface area contributed by atoms with Crippen LogP contribution in [0.2, 0.25) is 5.02 Å². The molecule has 12 heavy (non-hydrogen) atoms. The van der Waals surface area contributed by atoms with Gasteiger partial charge in [-0.3, -0.25) is 0 Å². The molecule has 0 bridgehead atoms. The van der Waals surface area contributed by atoms with Gasteiger partial charge in [0.15, 0.2) is 0 Å². The lowest BCUT2D eigenvalue weighted by molar-refractivity contribution is 1.51. The molecule has 0 N–H and O–H groups in total. The zero-order valence-corrected chi connectivity index (χ0v) is 9.55. The van der Waals surface area contributed by atoms with E-state index in [9.17, 15) is 0 Å². The molecular formula is C9H6BrClS. The van der Waals surface area contributed by atoms with Crippen LogP contribution in [0.1, 0.15) is 5.56 Å². The number of benzene rings is 1. The van der Waals surface area contributed by atoms with Gasteiger partial charge in [0, 0.05) is 10.1 Å². The van der Waals surface area contributed by atoms with E-state index >= 15 is 0 Å². The summed E-state index contributed by atoms with van der Waals surface area (Å²) in [5.41, 5.74) is 1.25. The van der Waals surface area contributed by atoms with Crippen LogP contribution >= 0.6 is 38.9 Å². The largest absolute Gasteiger partial charge is 0.127 e. The summed E-state index contributed by atoms with van der Waals surface area (Å²) in [6, 6.07) is 6.31. The van der Waals surface area contributed by atoms with Crippen molar-refractivity contribution < 1.29 is 0 Å². The Morgan fingerprint density at radius 1 is 1.42 bits per heavy atom. The molecule has 2 aromatic rings. The van der Waals surface area contributed by atoms with Crippen LogP contribution in [0.25, 0.3) is 10.1 Å². The number of hydrogen-bond acceptors (Lipinski definition) is 1. The van der Waals surface area contributed by atoms with E-state index < -0.39 is 0 Å². The molecule has 1 heterocycles. The van der Waals surface area contributed by atoms with E-state index in [0.717, 1.165) is 14.2 Å². The maximum atomic E-state index is 6.08. The summed E-state index contributed by atoms with van der Waals surface area (Å²) in [6.45, 7) is 2.07. The Labute approximate surface area is 88.3 Å². The van der Waals surface area contributed by atoms with Crippen LogP contribution in [0.5, 0.6) is 0 Å². The molecule has 0 aliphatic rings. The number of rotatable bonds is 0. The molecule has 0 radical (unpaired) electrons. The van der Waals surface area contributed by atoms with Crippen molar-refractivity contribution in [1.29, 1.82) is 0 Å². The molecule has 0 atom stereocenters. The number of fused-ring (bicyclic) bond motifs is 1. The summed E-state index contributed by atoms with van der Waals surface area (Å²) >= 11 is 11.2. The number of thiophene rings is 1. The molecule has 0 amide bonds. The Hall–Kier alpha value is -0.0500. The highest BCUT2D eigenvalue weighted by Crippen LogP contribution is 2.39. The van der Waals surface area contributed by atoms with E-state index in [1.54, 1.807) is 11.3 Å². The minimum absolute atomic E-state index is 0.832. The molecule has 0 aliphatic carbocycles. The van der Waals surface area contributed by atoms with Crippen molar-refractivity contribution >= 4 is 49.0 Å². The van der Waals surface area contributed by atoms with Crippen molar-refractivity contribution in [2.45, 2.75) is 6.92 Å². The van der Waals surface area contributed by atoms with Crippen LogP contribution in [-0.4, -0.2) is 0 Å². The predicted molar refractivity (Wildman–Crippen MR) is 59.3 cm³/mol. The molecule has 62 valence electrons. The number of aryl methyl sites for hydroxylation is 1. The maximum Gasteiger partial charge on any atom is 0.0897 e. The average molecular weight is 262 g/mol. The summed E-state index contributed by atoms with van der Waals surface area (Å²) in [6.07, 6.45) is 0. The summed E-state index contributed by atoms with van der Waals surface area (Å²) in [4.78, 5) is 0. The zero-order chi connectivity index (χ0) is 8.72. The van der Waals surface area contributed by atoms with Crippen LogP contribution in [0.15, 0.2) is 22.0 Å². The second kappa shape index (κ2) is 3.02. The molecular weight excluding hydrogens is 256 g/mol. The van der Waals surface area contributed by atoms with Gasteiger partial charge in [0.2, 0.25) is 0 Å². The molecule has 0 spiro atoms. The Morgan fingerprint density at radius 2 is 2.17 bits per heavy atom. The summed E-state index contributed by atoms with van der Waals surface area (Å²) in [5, 5.41) is 1.98. The molecule has 1 aromatic heterocycles. The zero-order valence-electron chi connectivity index (χ0n) is 6.40. The van der Waals surface area contributed by atoms with Crippen LogP contribution < -0.4 is 0 Å². The summed E-state index contributed by atoms with van der Waals surface area (Å²) < 4.78 is 2.25. The average Bonchev–Trinajstić information content (AvgIpc) is 2.31. The smallest absolute Gasteiger partial charge is 0.0897 e. The topological polar surface area (TPSA) is 0 Å². The second-order valence-electron chi connectivity index (χ2n) is 2.69. The fraction of sp³-hybridized carbons (Fsp3) is 0.111. The normalized spacial score (nSPS) is 10.9. The van der Waals surface area contributed by atoms with Crippen molar-refractivity contribution in [2.75, 3.05) is 0 Å². The minimum atomic E-state index is 0.832. The van der Waals surface area contributed by atoms with Gasteiger partial charge < -0.3 is 0 Å². The third-order valence-corrected chi connectivity index (χ3v) is 4.32. The third kappa shape index (κ3) is 1.28. The Bertz CT molecular complexity index is 433. The molecule has 0 nitrogen and oxygen atoms in total. The fourth-order valence-electron chi connectivity index (χ4n) is 1.15. The third-order valence-electron chi connectivity index (χ3n) is 1.74. The van der Waals surface area contributed by atoms with E-state index in [0.29, 0.717) is 0 Å². The first kappa shape index (κ1) is 8.54. The van der Waals surface area contributed by atoms with Crippen LogP contribution in [0.3, 0.4) is 0 Å². The van der Waals surface area contributed by atoms with Gasteiger partial charge in [0.1, 0.15) is 0 Å². The second-order valence-corrected chi connectivity index (χ2v) is 5.44. The van der Waals surface area contributed by atoms with Gasteiger partial charge in [-0.05, 0) is 35.0 Å². The van der Waals surface area contributed by atoms with Crippen molar-refractivity contribution in [1.82, 2.24) is 0 Å². The Morgan fingerprint density at radius 3 is 2.92 bits per heavy atom. The lowest BCUT2D eigenvalue weighted by Gasteiger charge is -1.92. The standard InChI is InChI=1S/C9H6BrClS/c1-5-2-3-7-6(4-5)8(11)9(10)12-7/h2-4H,1H3. The molecule has 0 unspecified atom stereocenters. The Kier molecular flexibility index (Phi) is 2.15. The SMILES string of the molecule is Cc1ccc2sc(Br)c(Cl)c2c1. The molecule has 0 fully saturated rings.